The first-order chi connectivity index (χ1) is 8.70. The minimum absolute atomic E-state index is 0.153. The van der Waals surface area contributed by atoms with Crippen LogP contribution in [-0.2, 0) is 6.54 Å². The molecule has 0 radical (unpaired) electrons. The Balaban J connectivity index is 2.09. The van der Waals surface area contributed by atoms with E-state index in [1.807, 2.05) is 18.4 Å². The predicted molar refractivity (Wildman–Crippen MR) is 71.8 cm³/mol. The molecule has 2 aromatic heterocycles. The first kappa shape index (κ1) is 12.5. The molecule has 18 heavy (non-hydrogen) atoms. The second kappa shape index (κ2) is 5.59. The van der Waals surface area contributed by atoms with E-state index in [1.54, 1.807) is 18.8 Å². The van der Waals surface area contributed by atoms with Gasteiger partial charge in [0.15, 0.2) is 0 Å². The van der Waals surface area contributed by atoms with Gasteiger partial charge in [-0.05, 0) is 13.0 Å². The summed E-state index contributed by atoms with van der Waals surface area (Å²) in [4.78, 5) is 20.3. The zero-order valence-corrected chi connectivity index (χ0v) is 11.0. The van der Waals surface area contributed by atoms with Gasteiger partial charge in [-0.1, -0.05) is 0 Å². The summed E-state index contributed by atoms with van der Waals surface area (Å²) >= 11 is 1.51. The molecule has 2 N–H and O–H groups in total. The topological polar surface area (TPSA) is 66.9 Å². The SMILES string of the molecule is CNc1cc(C)ncc1C(=O)NCc1cscn1. The van der Waals surface area contributed by atoms with Gasteiger partial charge in [0.25, 0.3) is 5.91 Å². The minimum Gasteiger partial charge on any atom is -0.387 e. The van der Waals surface area contributed by atoms with Crippen molar-refractivity contribution >= 4 is 22.9 Å². The summed E-state index contributed by atoms with van der Waals surface area (Å²) in [6.45, 7) is 2.32. The third-order valence-electron chi connectivity index (χ3n) is 2.47. The average molecular weight is 262 g/mol. The Kier molecular flexibility index (Phi) is 3.88. The molecule has 0 aromatic carbocycles. The van der Waals surface area contributed by atoms with E-state index in [9.17, 15) is 4.79 Å². The van der Waals surface area contributed by atoms with Crippen molar-refractivity contribution in [3.63, 3.8) is 0 Å². The van der Waals surface area contributed by atoms with Gasteiger partial charge < -0.3 is 10.6 Å². The molecular formula is C12H14N4OS. The van der Waals surface area contributed by atoms with E-state index >= 15 is 0 Å². The number of anilines is 1. The van der Waals surface area contributed by atoms with E-state index in [4.69, 9.17) is 0 Å². The molecule has 0 spiro atoms. The van der Waals surface area contributed by atoms with Crippen LogP contribution < -0.4 is 10.6 Å². The van der Waals surface area contributed by atoms with Crippen molar-refractivity contribution in [2.75, 3.05) is 12.4 Å². The third-order valence-corrected chi connectivity index (χ3v) is 3.10. The number of aromatic nitrogens is 2. The number of amides is 1. The molecule has 0 bridgehead atoms. The molecule has 0 saturated heterocycles. The quantitative estimate of drug-likeness (QED) is 0.882. The normalized spacial score (nSPS) is 10.1. The molecule has 6 heteroatoms. The largest absolute Gasteiger partial charge is 0.387 e. The van der Waals surface area contributed by atoms with Crippen LogP contribution in [0.1, 0.15) is 21.7 Å². The summed E-state index contributed by atoms with van der Waals surface area (Å²) in [5, 5.41) is 7.73. The molecule has 0 fully saturated rings. The zero-order valence-electron chi connectivity index (χ0n) is 10.2. The van der Waals surface area contributed by atoms with Crippen LogP contribution in [0.25, 0.3) is 0 Å². The highest BCUT2D eigenvalue weighted by molar-refractivity contribution is 7.07. The second-order valence-electron chi connectivity index (χ2n) is 3.78. The highest BCUT2D eigenvalue weighted by Crippen LogP contribution is 2.14. The fraction of sp³-hybridized carbons (Fsp3) is 0.250. The second-order valence-corrected chi connectivity index (χ2v) is 4.50. The number of nitrogens with zero attached hydrogens (tertiary/aromatic N) is 2. The van der Waals surface area contributed by atoms with Gasteiger partial charge in [0, 0.05) is 24.3 Å². The number of carbonyl (C=O) groups is 1. The zero-order chi connectivity index (χ0) is 13.0. The number of hydrogen-bond donors (Lipinski definition) is 2. The molecule has 5 nitrogen and oxygen atoms in total. The molecule has 0 aliphatic carbocycles. The molecule has 2 aromatic rings. The van der Waals surface area contributed by atoms with E-state index in [1.165, 1.54) is 11.3 Å². The van der Waals surface area contributed by atoms with Gasteiger partial charge in [0.2, 0.25) is 0 Å². The van der Waals surface area contributed by atoms with Crippen LogP contribution >= 0.6 is 11.3 Å². The third kappa shape index (κ3) is 2.84. The first-order valence-electron chi connectivity index (χ1n) is 5.50. The smallest absolute Gasteiger partial charge is 0.255 e. The Morgan fingerprint density at radius 1 is 1.44 bits per heavy atom. The van der Waals surface area contributed by atoms with Gasteiger partial charge in [-0.15, -0.1) is 11.3 Å². The molecule has 94 valence electrons. The maximum absolute atomic E-state index is 12.0. The summed E-state index contributed by atoms with van der Waals surface area (Å²) in [6, 6.07) is 1.84. The van der Waals surface area contributed by atoms with Crippen molar-refractivity contribution in [3.8, 4) is 0 Å². The van der Waals surface area contributed by atoms with Crippen LogP contribution in [0, 0.1) is 6.92 Å². The van der Waals surface area contributed by atoms with Gasteiger partial charge in [-0.3, -0.25) is 9.78 Å². The van der Waals surface area contributed by atoms with Crippen molar-refractivity contribution in [3.05, 3.63) is 40.1 Å². The maximum atomic E-state index is 12.0. The van der Waals surface area contributed by atoms with Crippen molar-refractivity contribution < 1.29 is 4.79 Å². The monoisotopic (exact) mass is 262 g/mol. The fourth-order valence-electron chi connectivity index (χ4n) is 1.54. The molecule has 2 heterocycles. The van der Waals surface area contributed by atoms with E-state index in [2.05, 4.69) is 20.6 Å². The lowest BCUT2D eigenvalue weighted by molar-refractivity contribution is 0.0951. The first-order valence-corrected chi connectivity index (χ1v) is 6.44. The number of thiazole rings is 1. The van der Waals surface area contributed by atoms with Gasteiger partial charge in [0.05, 0.1) is 29.0 Å². The Hall–Kier alpha value is -1.95. The lowest BCUT2D eigenvalue weighted by Gasteiger charge is -2.09. The van der Waals surface area contributed by atoms with Crippen molar-refractivity contribution in [1.82, 2.24) is 15.3 Å². The highest BCUT2D eigenvalue weighted by atomic mass is 32.1. The molecule has 0 unspecified atom stereocenters. The van der Waals surface area contributed by atoms with Crippen molar-refractivity contribution in [2.45, 2.75) is 13.5 Å². The van der Waals surface area contributed by atoms with Crippen LogP contribution in [0.3, 0.4) is 0 Å². The summed E-state index contributed by atoms with van der Waals surface area (Å²) in [5.74, 6) is -0.153. The minimum atomic E-state index is -0.153. The average Bonchev–Trinajstić information content (AvgIpc) is 2.88. The van der Waals surface area contributed by atoms with E-state index < -0.39 is 0 Å². The standard InChI is InChI=1S/C12H14N4OS/c1-8-3-11(13-2)10(5-14-8)12(17)15-4-9-6-18-7-16-9/h3,5-7H,4H2,1-2H3,(H,13,14)(H,15,17). The Morgan fingerprint density at radius 2 is 2.28 bits per heavy atom. The number of pyridine rings is 1. The number of rotatable bonds is 4. The molecule has 2 rings (SSSR count). The fourth-order valence-corrected chi connectivity index (χ4v) is 2.10. The Labute approximate surface area is 109 Å². The highest BCUT2D eigenvalue weighted by Gasteiger charge is 2.11. The molecule has 0 aliphatic heterocycles. The summed E-state index contributed by atoms with van der Waals surface area (Å²) < 4.78 is 0. The lowest BCUT2D eigenvalue weighted by Crippen LogP contribution is -2.24. The van der Waals surface area contributed by atoms with Gasteiger partial charge >= 0.3 is 0 Å². The molecule has 0 aliphatic rings. The molecule has 1 amide bonds. The number of aryl methyl sites for hydroxylation is 1. The van der Waals surface area contributed by atoms with Crippen LogP contribution in [0.5, 0.6) is 0 Å². The van der Waals surface area contributed by atoms with Gasteiger partial charge in [0.1, 0.15) is 0 Å². The number of nitrogens with one attached hydrogen (secondary N) is 2. The summed E-state index contributed by atoms with van der Waals surface area (Å²) in [6.07, 6.45) is 1.58. The summed E-state index contributed by atoms with van der Waals surface area (Å²) in [7, 11) is 1.78. The molecular weight excluding hydrogens is 248 g/mol. The Morgan fingerprint density at radius 3 is 2.94 bits per heavy atom. The van der Waals surface area contributed by atoms with Crippen LogP contribution in [0.2, 0.25) is 0 Å². The van der Waals surface area contributed by atoms with Gasteiger partial charge in [-0.25, -0.2) is 4.98 Å². The van der Waals surface area contributed by atoms with Crippen molar-refractivity contribution in [1.29, 1.82) is 0 Å². The van der Waals surface area contributed by atoms with Crippen LogP contribution in [-0.4, -0.2) is 22.9 Å². The maximum Gasteiger partial charge on any atom is 0.255 e. The molecule has 0 saturated carbocycles. The Bertz CT molecular complexity index is 539. The number of hydrogen-bond acceptors (Lipinski definition) is 5. The van der Waals surface area contributed by atoms with Crippen molar-refractivity contribution in [2.24, 2.45) is 0 Å². The van der Waals surface area contributed by atoms with Gasteiger partial charge in [-0.2, -0.15) is 0 Å². The predicted octanol–water partition coefficient (Wildman–Crippen LogP) is 1.82. The number of carbonyl (C=O) groups excluding carboxylic acids is 1. The summed E-state index contributed by atoms with van der Waals surface area (Å²) in [5.41, 5.74) is 4.79. The van der Waals surface area contributed by atoms with Crippen LogP contribution in [0.15, 0.2) is 23.2 Å². The van der Waals surface area contributed by atoms with Crippen LogP contribution in [0.4, 0.5) is 5.69 Å². The lowest BCUT2D eigenvalue weighted by atomic mass is 10.2. The van der Waals surface area contributed by atoms with E-state index in [-0.39, 0.29) is 5.91 Å². The molecule has 0 atom stereocenters. The van der Waals surface area contributed by atoms with E-state index in [0.717, 1.165) is 17.1 Å². The van der Waals surface area contributed by atoms with E-state index in [0.29, 0.717) is 12.1 Å².